The van der Waals surface area contributed by atoms with Gasteiger partial charge < -0.3 is 16.2 Å². The molecule has 3 heteroatoms. The standard InChI is InChI=1S/C13H20N2O/c1-3-13(2)7-9(13)8-16-12-5-10(14)4-11(15)6-12/h4-6,9H,3,7-8,14-15H2,1-2H3. The van der Waals surface area contributed by atoms with E-state index in [9.17, 15) is 0 Å². The summed E-state index contributed by atoms with van der Waals surface area (Å²) < 4.78 is 5.73. The largest absolute Gasteiger partial charge is 0.493 e. The molecule has 1 saturated carbocycles. The van der Waals surface area contributed by atoms with Crippen LogP contribution in [0.5, 0.6) is 5.75 Å². The SMILES string of the molecule is CCC1(C)CC1COc1cc(N)cc(N)c1. The van der Waals surface area contributed by atoms with E-state index < -0.39 is 0 Å². The second-order valence-electron chi connectivity index (χ2n) is 5.06. The second-order valence-corrected chi connectivity index (χ2v) is 5.06. The Morgan fingerprint density at radius 2 is 1.94 bits per heavy atom. The molecular weight excluding hydrogens is 200 g/mol. The average molecular weight is 220 g/mol. The third kappa shape index (κ3) is 2.23. The van der Waals surface area contributed by atoms with Crippen LogP contribution in [-0.4, -0.2) is 6.61 Å². The summed E-state index contributed by atoms with van der Waals surface area (Å²) in [7, 11) is 0. The lowest BCUT2D eigenvalue weighted by atomic mass is 10.0. The molecule has 0 spiro atoms. The molecule has 2 atom stereocenters. The van der Waals surface area contributed by atoms with Crippen molar-refractivity contribution >= 4 is 11.4 Å². The highest BCUT2D eigenvalue weighted by molar-refractivity contribution is 5.56. The first-order chi connectivity index (χ1) is 7.53. The van der Waals surface area contributed by atoms with E-state index in [0.717, 1.165) is 12.4 Å². The second kappa shape index (κ2) is 3.89. The van der Waals surface area contributed by atoms with Crippen molar-refractivity contribution in [2.24, 2.45) is 11.3 Å². The van der Waals surface area contributed by atoms with Gasteiger partial charge >= 0.3 is 0 Å². The number of benzene rings is 1. The van der Waals surface area contributed by atoms with Crippen LogP contribution in [0.4, 0.5) is 11.4 Å². The third-order valence-electron chi connectivity index (χ3n) is 3.75. The van der Waals surface area contributed by atoms with Crippen molar-refractivity contribution in [2.75, 3.05) is 18.1 Å². The predicted octanol–water partition coefficient (Wildman–Crippen LogP) is 2.67. The highest BCUT2D eigenvalue weighted by atomic mass is 16.5. The van der Waals surface area contributed by atoms with Gasteiger partial charge in [-0.05, 0) is 23.8 Å². The molecule has 16 heavy (non-hydrogen) atoms. The smallest absolute Gasteiger partial charge is 0.123 e. The van der Waals surface area contributed by atoms with Gasteiger partial charge in [0.15, 0.2) is 0 Å². The lowest BCUT2D eigenvalue weighted by molar-refractivity contribution is 0.273. The van der Waals surface area contributed by atoms with Crippen LogP contribution in [0.25, 0.3) is 0 Å². The van der Waals surface area contributed by atoms with Gasteiger partial charge in [-0.15, -0.1) is 0 Å². The highest BCUT2D eigenvalue weighted by Crippen LogP contribution is 2.54. The van der Waals surface area contributed by atoms with Crippen molar-refractivity contribution < 1.29 is 4.74 Å². The molecule has 1 fully saturated rings. The molecule has 0 radical (unpaired) electrons. The molecular formula is C13H20N2O. The van der Waals surface area contributed by atoms with E-state index in [1.54, 1.807) is 6.07 Å². The maximum atomic E-state index is 5.73. The highest BCUT2D eigenvalue weighted by Gasteiger charge is 2.48. The van der Waals surface area contributed by atoms with Crippen molar-refractivity contribution in [1.82, 2.24) is 0 Å². The van der Waals surface area contributed by atoms with Crippen molar-refractivity contribution in [3.63, 3.8) is 0 Å². The van der Waals surface area contributed by atoms with Gasteiger partial charge in [0.05, 0.1) is 6.61 Å². The Morgan fingerprint density at radius 3 is 2.44 bits per heavy atom. The lowest BCUT2D eigenvalue weighted by Gasteiger charge is -2.10. The summed E-state index contributed by atoms with van der Waals surface area (Å²) in [6, 6.07) is 5.38. The zero-order chi connectivity index (χ0) is 11.8. The molecule has 0 aromatic heterocycles. The number of nitrogens with two attached hydrogens (primary N) is 2. The van der Waals surface area contributed by atoms with Crippen LogP contribution < -0.4 is 16.2 Å². The number of hydrogen-bond donors (Lipinski definition) is 2. The number of anilines is 2. The topological polar surface area (TPSA) is 61.3 Å². The van der Waals surface area contributed by atoms with E-state index >= 15 is 0 Å². The van der Waals surface area contributed by atoms with Gasteiger partial charge in [0.25, 0.3) is 0 Å². The Kier molecular flexibility index (Phi) is 2.70. The van der Waals surface area contributed by atoms with Crippen molar-refractivity contribution in [3.8, 4) is 5.75 Å². The molecule has 0 amide bonds. The molecule has 0 bridgehead atoms. The van der Waals surface area contributed by atoms with Gasteiger partial charge in [0.1, 0.15) is 5.75 Å². The first-order valence-electron chi connectivity index (χ1n) is 5.82. The van der Waals surface area contributed by atoms with E-state index in [0.29, 0.717) is 22.7 Å². The monoisotopic (exact) mass is 220 g/mol. The Bertz CT molecular complexity index is 371. The molecule has 1 aliphatic carbocycles. The summed E-state index contributed by atoms with van der Waals surface area (Å²) in [4.78, 5) is 0. The number of ether oxygens (including phenoxy) is 1. The quantitative estimate of drug-likeness (QED) is 0.767. The fraction of sp³-hybridized carbons (Fsp3) is 0.538. The first-order valence-corrected chi connectivity index (χ1v) is 5.82. The molecule has 4 N–H and O–H groups in total. The summed E-state index contributed by atoms with van der Waals surface area (Å²) in [5, 5.41) is 0. The van der Waals surface area contributed by atoms with Crippen molar-refractivity contribution in [1.29, 1.82) is 0 Å². The normalized spacial score (nSPS) is 27.8. The van der Waals surface area contributed by atoms with E-state index in [-0.39, 0.29) is 0 Å². The molecule has 1 aromatic rings. The van der Waals surface area contributed by atoms with Gasteiger partial charge in [-0.1, -0.05) is 20.3 Å². The molecule has 0 aliphatic heterocycles. The fourth-order valence-electron chi connectivity index (χ4n) is 2.12. The van der Waals surface area contributed by atoms with Crippen LogP contribution in [0.15, 0.2) is 18.2 Å². The maximum Gasteiger partial charge on any atom is 0.123 e. The van der Waals surface area contributed by atoms with Crippen LogP contribution in [-0.2, 0) is 0 Å². The summed E-state index contributed by atoms with van der Waals surface area (Å²) in [6.45, 7) is 5.32. The summed E-state index contributed by atoms with van der Waals surface area (Å²) in [6.07, 6.45) is 2.49. The zero-order valence-corrected chi connectivity index (χ0v) is 9.99. The Hall–Kier alpha value is -1.38. The van der Waals surface area contributed by atoms with E-state index in [2.05, 4.69) is 13.8 Å². The fourth-order valence-corrected chi connectivity index (χ4v) is 2.12. The molecule has 1 aromatic carbocycles. The number of rotatable bonds is 4. The van der Waals surface area contributed by atoms with Crippen LogP contribution in [0.1, 0.15) is 26.7 Å². The molecule has 0 saturated heterocycles. The predicted molar refractivity (Wildman–Crippen MR) is 67.3 cm³/mol. The minimum Gasteiger partial charge on any atom is -0.493 e. The molecule has 3 nitrogen and oxygen atoms in total. The molecule has 2 rings (SSSR count). The van der Waals surface area contributed by atoms with Gasteiger partial charge in [-0.25, -0.2) is 0 Å². The molecule has 2 unspecified atom stereocenters. The maximum absolute atomic E-state index is 5.73. The van der Waals surface area contributed by atoms with E-state index in [1.165, 1.54) is 12.8 Å². The number of hydrogen-bond acceptors (Lipinski definition) is 3. The summed E-state index contributed by atoms with van der Waals surface area (Å²) in [5.74, 6) is 1.46. The molecule has 88 valence electrons. The summed E-state index contributed by atoms with van der Waals surface area (Å²) in [5.41, 5.74) is 13.2. The average Bonchev–Trinajstić information content (AvgIpc) is 2.86. The van der Waals surface area contributed by atoms with Crippen molar-refractivity contribution in [3.05, 3.63) is 18.2 Å². The Morgan fingerprint density at radius 1 is 1.31 bits per heavy atom. The van der Waals surface area contributed by atoms with Crippen LogP contribution in [0.3, 0.4) is 0 Å². The number of nitrogen functional groups attached to an aromatic ring is 2. The van der Waals surface area contributed by atoms with E-state index in [1.807, 2.05) is 12.1 Å². The minimum atomic E-state index is 0.492. The minimum absolute atomic E-state index is 0.492. The summed E-state index contributed by atoms with van der Waals surface area (Å²) >= 11 is 0. The van der Waals surface area contributed by atoms with E-state index in [4.69, 9.17) is 16.2 Å². The van der Waals surface area contributed by atoms with Crippen LogP contribution in [0.2, 0.25) is 0 Å². The Balaban J connectivity index is 1.91. The van der Waals surface area contributed by atoms with Crippen LogP contribution in [0, 0.1) is 11.3 Å². The van der Waals surface area contributed by atoms with Gasteiger partial charge in [0.2, 0.25) is 0 Å². The lowest BCUT2D eigenvalue weighted by Crippen LogP contribution is -2.06. The van der Waals surface area contributed by atoms with Gasteiger partial charge in [-0.2, -0.15) is 0 Å². The van der Waals surface area contributed by atoms with Crippen molar-refractivity contribution in [2.45, 2.75) is 26.7 Å². The molecule has 1 aliphatic rings. The Labute approximate surface area is 96.8 Å². The zero-order valence-electron chi connectivity index (χ0n) is 9.99. The third-order valence-corrected chi connectivity index (χ3v) is 3.75. The molecule has 0 heterocycles. The van der Waals surface area contributed by atoms with Gasteiger partial charge in [-0.3, -0.25) is 0 Å². The van der Waals surface area contributed by atoms with Gasteiger partial charge in [0, 0.05) is 23.5 Å². The first kappa shape index (κ1) is 11.1. The van der Waals surface area contributed by atoms with Crippen LogP contribution >= 0.6 is 0 Å².